The van der Waals surface area contributed by atoms with Crippen LogP contribution in [-0.4, -0.2) is 67.0 Å². The van der Waals surface area contributed by atoms with Crippen molar-refractivity contribution >= 4 is 44.9 Å². The summed E-state index contributed by atoms with van der Waals surface area (Å²) in [4.78, 5) is 49.3. The SMILES string of the molecule is NC(N)=NCCC[C@H](NC(=O)CN1Cc2ccccc2CC(NS(=O)(=O)Cc2ccccc2)C1=O)C(=O)c1nccs1. The summed E-state index contributed by atoms with van der Waals surface area (Å²) in [7, 11) is -3.89. The Labute approximate surface area is 248 Å². The molecule has 0 bridgehead atoms. The molecule has 14 heteroatoms. The van der Waals surface area contributed by atoms with Crippen LogP contribution in [0, 0.1) is 0 Å². The van der Waals surface area contributed by atoms with E-state index in [1.165, 1.54) is 11.1 Å². The van der Waals surface area contributed by atoms with Crippen molar-refractivity contribution in [2.24, 2.45) is 16.5 Å². The molecule has 1 aliphatic rings. The predicted octanol–water partition coefficient (Wildman–Crippen LogP) is 0.937. The Bertz CT molecular complexity index is 1520. The van der Waals surface area contributed by atoms with E-state index in [0.29, 0.717) is 12.0 Å². The van der Waals surface area contributed by atoms with Crippen LogP contribution in [0.1, 0.15) is 39.3 Å². The van der Waals surface area contributed by atoms with Gasteiger partial charge in [0.25, 0.3) is 0 Å². The third kappa shape index (κ3) is 8.68. The van der Waals surface area contributed by atoms with Gasteiger partial charge in [0.15, 0.2) is 11.0 Å². The number of carbonyl (C=O) groups is 3. The number of guanidine groups is 1. The van der Waals surface area contributed by atoms with Crippen LogP contribution in [0.5, 0.6) is 0 Å². The highest BCUT2D eigenvalue weighted by molar-refractivity contribution is 7.88. The summed E-state index contributed by atoms with van der Waals surface area (Å²) in [6.45, 7) is 0.000603. The van der Waals surface area contributed by atoms with E-state index in [9.17, 15) is 22.8 Å². The Hall–Kier alpha value is -4.14. The summed E-state index contributed by atoms with van der Waals surface area (Å²) in [5, 5.41) is 4.65. The number of sulfonamides is 1. The van der Waals surface area contributed by atoms with E-state index >= 15 is 0 Å². The summed E-state index contributed by atoms with van der Waals surface area (Å²) in [5.74, 6) is -1.82. The van der Waals surface area contributed by atoms with E-state index in [1.807, 2.05) is 24.3 Å². The number of thiazole rings is 1. The Kier molecular flexibility index (Phi) is 10.4. The number of aliphatic imine (C=N–C) groups is 1. The fourth-order valence-electron chi connectivity index (χ4n) is 4.68. The third-order valence-corrected chi connectivity index (χ3v) is 8.75. The highest BCUT2D eigenvalue weighted by atomic mass is 32.2. The molecule has 0 saturated carbocycles. The molecule has 0 radical (unpaired) electrons. The monoisotopic (exact) mass is 611 g/mol. The number of nitrogens with one attached hydrogen (secondary N) is 2. The second kappa shape index (κ2) is 14.2. The predicted molar refractivity (Wildman–Crippen MR) is 160 cm³/mol. The number of aromatic nitrogens is 1. The summed E-state index contributed by atoms with van der Waals surface area (Å²) in [6, 6.07) is 14.0. The van der Waals surface area contributed by atoms with E-state index in [1.54, 1.807) is 35.7 Å². The molecule has 4 rings (SSSR count). The maximum absolute atomic E-state index is 13.7. The van der Waals surface area contributed by atoms with Gasteiger partial charge >= 0.3 is 0 Å². The molecule has 1 aliphatic heterocycles. The minimum atomic E-state index is -3.89. The second-order valence-corrected chi connectivity index (χ2v) is 12.5. The van der Waals surface area contributed by atoms with Gasteiger partial charge in [-0.3, -0.25) is 19.4 Å². The number of hydrogen-bond donors (Lipinski definition) is 4. The van der Waals surface area contributed by atoms with E-state index in [0.717, 1.165) is 22.5 Å². The van der Waals surface area contributed by atoms with Crippen molar-refractivity contribution in [3.05, 3.63) is 87.9 Å². The van der Waals surface area contributed by atoms with Crippen LogP contribution < -0.4 is 21.5 Å². The molecule has 1 unspecified atom stereocenters. The van der Waals surface area contributed by atoms with Crippen LogP contribution in [0.3, 0.4) is 0 Å². The molecule has 0 fully saturated rings. The zero-order chi connectivity index (χ0) is 30.1. The molecule has 2 heterocycles. The van der Waals surface area contributed by atoms with Crippen molar-refractivity contribution in [3.8, 4) is 0 Å². The fraction of sp³-hybridized carbons (Fsp3) is 0.321. The number of hydrogen-bond acceptors (Lipinski definition) is 8. The van der Waals surface area contributed by atoms with Crippen LogP contribution in [0.25, 0.3) is 0 Å². The lowest BCUT2D eigenvalue weighted by Crippen LogP contribution is -2.52. The number of ketones is 1. The van der Waals surface area contributed by atoms with Crippen LogP contribution >= 0.6 is 11.3 Å². The molecule has 42 heavy (non-hydrogen) atoms. The van der Waals surface area contributed by atoms with Gasteiger partial charge in [0.05, 0.1) is 18.3 Å². The third-order valence-electron chi connectivity index (χ3n) is 6.61. The van der Waals surface area contributed by atoms with Gasteiger partial charge in [0.2, 0.25) is 27.6 Å². The summed E-state index contributed by atoms with van der Waals surface area (Å²) >= 11 is 1.16. The molecule has 0 saturated heterocycles. The maximum atomic E-state index is 13.7. The minimum Gasteiger partial charge on any atom is -0.370 e. The first-order valence-corrected chi connectivity index (χ1v) is 15.8. The lowest BCUT2D eigenvalue weighted by molar-refractivity contribution is -0.137. The molecular weight excluding hydrogens is 578 g/mol. The largest absolute Gasteiger partial charge is 0.370 e. The molecule has 2 amide bonds. The Morgan fingerprint density at radius 2 is 1.81 bits per heavy atom. The Morgan fingerprint density at radius 3 is 2.50 bits per heavy atom. The molecule has 0 spiro atoms. The van der Waals surface area contributed by atoms with Crippen LogP contribution in [0.4, 0.5) is 0 Å². The smallest absolute Gasteiger partial charge is 0.241 e. The first-order chi connectivity index (χ1) is 20.1. The zero-order valence-electron chi connectivity index (χ0n) is 22.8. The number of carbonyl (C=O) groups excluding carboxylic acids is 3. The minimum absolute atomic E-state index is 0.0734. The molecule has 1 aromatic heterocycles. The molecule has 222 valence electrons. The van der Waals surface area contributed by atoms with Crippen molar-refractivity contribution < 1.29 is 22.8 Å². The van der Waals surface area contributed by atoms with Crippen molar-refractivity contribution in [3.63, 3.8) is 0 Å². The number of fused-ring (bicyclic) bond motifs is 1. The molecular formula is C28H33N7O5S2. The molecule has 0 aliphatic carbocycles. The highest BCUT2D eigenvalue weighted by Gasteiger charge is 2.34. The number of Topliss-reactive ketones (excluding diaryl/α,β-unsaturated/α-hetero) is 1. The number of nitrogens with two attached hydrogens (primary N) is 2. The van der Waals surface area contributed by atoms with Crippen LogP contribution in [0.2, 0.25) is 0 Å². The van der Waals surface area contributed by atoms with Gasteiger partial charge in [0.1, 0.15) is 6.04 Å². The number of rotatable bonds is 13. The standard InChI is InChI=1S/C28H33N7O5S2/c29-28(30)32-12-6-11-22(25(37)26-31-13-14-41-26)33-24(36)17-35-16-21-10-5-4-9-20(21)15-23(27(35)38)34-42(39,40)18-19-7-2-1-3-8-19/h1-5,7-10,13-14,22-23,34H,6,11-12,15-18H2,(H,33,36)(H4,29,30,32)/t22-,23?/m0/s1. The van der Waals surface area contributed by atoms with Gasteiger partial charge < -0.3 is 21.7 Å². The summed E-state index contributed by atoms with van der Waals surface area (Å²) < 4.78 is 28.6. The van der Waals surface area contributed by atoms with Crippen LogP contribution in [-0.2, 0) is 38.3 Å². The van der Waals surface area contributed by atoms with Gasteiger partial charge in [-0.25, -0.2) is 18.1 Å². The zero-order valence-corrected chi connectivity index (χ0v) is 24.4. The van der Waals surface area contributed by atoms with Crippen molar-refractivity contribution in [1.82, 2.24) is 19.9 Å². The molecule has 2 atom stereocenters. The van der Waals surface area contributed by atoms with Crippen LogP contribution in [0.15, 0.2) is 71.2 Å². The number of nitrogens with zero attached hydrogens (tertiary/aromatic N) is 3. The maximum Gasteiger partial charge on any atom is 0.241 e. The van der Waals surface area contributed by atoms with Gasteiger partial charge in [-0.1, -0.05) is 54.6 Å². The highest BCUT2D eigenvalue weighted by Crippen LogP contribution is 2.21. The summed E-state index contributed by atoms with van der Waals surface area (Å²) in [6.07, 6.45) is 2.31. The molecule has 12 nitrogen and oxygen atoms in total. The first-order valence-electron chi connectivity index (χ1n) is 13.3. The Balaban J connectivity index is 1.50. The molecule has 3 aromatic rings. The van der Waals surface area contributed by atoms with E-state index < -0.39 is 33.9 Å². The van der Waals surface area contributed by atoms with Gasteiger partial charge in [-0.15, -0.1) is 11.3 Å². The molecule has 6 N–H and O–H groups in total. The fourth-order valence-corrected chi connectivity index (χ4v) is 6.64. The van der Waals surface area contributed by atoms with Crippen molar-refractivity contribution in [1.29, 1.82) is 0 Å². The van der Waals surface area contributed by atoms with E-state index in [4.69, 9.17) is 11.5 Å². The average Bonchev–Trinajstić information content (AvgIpc) is 3.45. The normalized spacial score (nSPS) is 15.8. The second-order valence-electron chi connectivity index (χ2n) is 9.85. The van der Waals surface area contributed by atoms with E-state index in [2.05, 4.69) is 20.0 Å². The first kappa shape index (κ1) is 30.8. The van der Waals surface area contributed by atoms with Gasteiger partial charge in [-0.05, 0) is 36.0 Å². The quantitative estimate of drug-likeness (QED) is 0.0950. The number of amides is 2. The Morgan fingerprint density at radius 1 is 1.10 bits per heavy atom. The van der Waals surface area contributed by atoms with Crippen molar-refractivity contribution in [2.75, 3.05) is 13.1 Å². The summed E-state index contributed by atoms with van der Waals surface area (Å²) in [5.41, 5.74) is 12.9. The topological polar surface area (TPSA) is 190 Å². The number of benzene rings is 2. The lowest BCUT2D eigenvalue weighted by atomic mass is 10.0. The average molecular weight is 612 g/mol. The van der Waals surface area contributed by atoms with E-state index in [-0.39, 0.29) is 55.0 Å². The van der Waals surface area contributed by atoms with Gasteiger partial charge in [0, 0.05) is 24.7 Å². The lowest BCUT2D eigenvalue weighted by Gasteiger charge is -2.25. The van der Waals surface area contributed by atoms with Crippen molar-refractivity contribution in [2.45, 2.75) is 43.6 Å². The molecule has 2 aromatic carbocycles. The van der Waals surface area contributed by atoms with Gasteiger partial charge in [-0.2, -0.15) is 0 Å².